The van der Waals surface area contributed by atoms with Gasteiger partial charge in [0.15, 0.2) is 5.76 Å². The molecule has 0 unspecified atom stereocenters. The van der Waals surface area contributed by atoms with Crippen molar-refractivity contribution in [2.45, 2.75) is 20.1 Å². The van der Waals surface area contributed by atoms with Gasteiger partial charge < -0.3 is 23.2 Å². The highest BCUT2D eigenvalue weighted by atomic mass is 16.5. The summed E-state index contributed by atoms with van der Waals surface area (Å²) in [5.74, 6) is 3.34. The van der Waals surface area contributed by atoms with Gasteiger partial charge in [0, 0.05) is 26.2 Å². The molecule has 0 atom stereocenters. The fourth-order valence-corrected chi connectivity index (χ4v) is 3.41. The summed E-state index contributed by atoms with van der Waals surface area (Å²) in [6.45, 7) is 6.54. The second kappa shape index (κ2) is 9.54. The molecule has 0 radical (unpaired) electrons. The number of nitrogens with zero attached hydrogens (tertiary/aromatic N) is 2. The first-order chi connectivity index (χ1) is 14.7. The molecule has 1 saturated heterocycles. The Morgan fingerprint density at radius 1 is 0.933 bits per heavy atom. The number of piperazine rings is 1. The Labute approximate surface area is 175 Å². The zero-order valence-electron chi connectivity index (χ0n) is 17.1. The molecule has 1 aliphatic rings. The molecule has 0 spiro atoms. The quantitative estimate of drug-likeness (QED) is 0.563. The van der Waals surface area contributed by atoms with Crippen molar-refractivity contribution in [2.24, 2.45) is 0 Å². The molecule has 3 aromatic rings. The van der Waals surface area contributed by atoms with E-state index in [2.05, 4.69) is 4.90 Å². The van der Waals surface area contributed by atoms with E-state index in [1.165, 1.54) is 0 Å². The van der Waals surface area contributed by atoms with E-state index < -0.39 is 0 Å². The lowest BCUT2D eigenvalue weighted by molar-refractivity contribution is 0.0586. The predicted molar refractivity (Wildman–Crippen MR) is 111 cm³/mol. The smallest absolute Gasteiger partial charge is 0.289 e. The maximum atomic E-state index is 12.8. The molecule has 7 heteroatoms. The normalized spacial score (nSPS) is 14.6. The Morgan fingerprint density at radius 2 is 1.67 bits per heavy atom. The molecule has 0 saturated carbocycles. The van der Waals surface area contributed by atoms with Gasteiger partial charge in [0.05, 0.1) is 19.4 Å². The fourth-order valence-electron chi connectivity index (χ4n) is 3.41. The van der Waals surface area contributed by atoms with Crippen LogP contribution in [0.3, 0.4) is 0 Å². The van der Waals surface area contributed by atoms with Gasteiger partial charge in [-0.3, -0.25) is 9.69 Å². The number of furan rings is 2. The average molecular weight is 410 g/mol. The van der Waals surface area contributed by atoms with E-state index in [0.29, 0.717) is 31.2 Å². The van der Waals surface area contributed by atoms with Crippen LogP contribution in [0.5, 0.6) is 11.5 Å². The van der Waals surface area contributed by atoms with Gasteiger partial charge in [-0.1, -0.05) is 0 Å². The molecule has 0 N–H and O–H groups in total. The van der Waals surface area contributed by atoms with Crippen LogP contribution in [0, 0.1) is 0 Å². The third-order valence-corrected chi connectivity index (χ3v) is 5.01. The standard InChI is InChI=1S/C23H26N2O5/c1-2-27-18-5-7-19(8-6-18)29-17-21-9-10-22(30-21)23(26)25-13-11-24(12-14-25)16-20-4-3-15-28-20/h3-10,15H,2,11-14,16-17H2,1H3. The van der Waals surface area contributed by atoms with Crippen LogP contribution in [0.15, 0.2) is 63.6 Å². The van der Waals surface area contributed by atoms with E-state index in [4.69, 9.17) is 18.3 Å². The number of rotatable bonds is 8. The SMILES string of the molecule is CCOc1ccc(OCc2ccc(C(=O)N3CCN(Cc4ccco4)CC3)o2)cc1. The lowest BCUT2D eigenvalue weighted by Gasteiger charge is -2.33. The summed E-state index contributed by atoms with van der Waals surface area (Å²) in [5, 5.41) is 0. The average Bonchev–Trinajstić information content (AvgIpc) is 3.46. The molecule has 4 rings (SSSR count). The highest BCUT2D eigenvalue weighted by molar-refractivity contribution is 5.91. The van der Waals surface area contributed by atoms with E-state index in [1.54, 1.807) is 18.4 Å². The van der Waals surface area contributed by atoms with Crippen LogP contribution in [0.1, 0.15) is 29.0 Å². The summed E-state index contributed by atoms with van der Waals surface area (Å²) in [6.07, 6.45) is 1.68. The van der Waals surface area contributed by atoms with Gasteiger partial charge in [0.1, 0.15) is 29.6 Å². The second-order valence-corrected chi connectivity index (χ2v) is 7.11. The topological polar surface area (TPSA) is 68.3 Å². The lowest BCUT2D eigenvalue weighted by atomic mass is 10.2. The zero-order chi connectivity index (χ0) is 20.8. The van der Waals surface area contributed by atoms with Crippen molar-refractivity contribution in [3.8, 4) is 11.5 Å². The Balaban J connectivity index is 1.25. The molecule has 2 aromatic heterocycles. The Morgan fingerprint density at radius 3 is 2.33 bits per heavy atom. The monoisotopic (exact) mass is 410 g/mol. The zero-order valence-corrected chi connectivity index (χ0v) is 17.1. The molecule has 1 aromatic carbocycles. The summed E-state index contributed by atoms with van der Waals surface area (Å²) in [6, 6.07) is 14.8. The maximum Gasteiger partial charge on any atom is 0.289 e. The largest absolute Gasteiger partial charge is 0.494 e. The minimum Gasteiger partial charge on any atom is -0.494 e. The van der Waals surface area contributed by atoms with Crippen molar-refractivity contribution in [2.75, 3.05) is 32.8 Å². The molecule has 30 heavy (non-hydrogen) atoms. The maximum absolute atomic E-state index is 12.8. The van der Waals surface area contributed by atoms with Crippen LogP contribution in [-0.4, -0.2) is 48.5 Å². The number of amides is 1. The molecule has 0 aliphatic carbocycles. The third kappa shape index (κ3) is 5.04. The molecular weight excluding hydrogens is 384 g/mol. The summed E-state index contributed by atoms with van der Waals surface area (Å²) >= 11 is 0. The Bertz CT molecular complexity index is 925. The second-order valence-electron chi connectivity index (χ2n) is 7.11. The number of hydrogen-bond acceptors (Lipinski definition) is 6. The number of hydrogen-bond donors (Lipinski definition) is 0. The molecule has 3 heterocycles. The molecule has 7 nitrogen and oxygen atoms in total. The van der Waals surface area contributed by atoms with Crippen molar-refractivity contribution in [3.05, 3.63) is 72.1 Å². The first-order valence-electron chi connectivity index (χ1n) is 10.2. The molecule has 1 fully saturated rings. The first-order valence-corrected chi connectivity index (χ1v) is 10.2. The van der Waals surface area contributed by atoms with Crippen molar-refractivity contribution in [3.63, 3.8) is 0 Å². The van der Waals surface area contributed by atoms with Crippen molar-refractivity contribution >= 4 is 5.91 Å². The van der Waals surface area contributed by atoms with Crippen molar-refractivity contribution in [1.82, 2.24) is 9.80 Å². The van der Waals surface area contributed by atoms with Crippen LogP contribution in [-0.2, 0) is 13.2 Å². The Hall–Kier alpha value is -3.19. The Kier molecular flexibility index (Phi) is 6.39. The van der Waals surface area contributed by atoms with Gasteiger partial charge in [-0.25, -0.2) is 0 Å². The summed E-state index contributed by atoms with van der Waals surface area (Å²) in [4.78, 5) is 16.9. The molecule has 158 valence electrons. The van der Waals surface area contributed by atoms with Crippen LogP contribution >= 0.6 is 0 Å². The van der Waals surface area contributed by atoms with Gasteiger partial charge >= 0.3 is 0 Å². The van der Waals surface area contributed by atoms with E-state index in [9.17, 15) is 4.79 Å². The first kappa shape index (κ1) is 20.1. The van der Waals surface area contributed by atoms with Gasteiger partial charge in [-0.05, 0) is 55.5 Å². The van der Waals surface area contributed by atoms with Gasteiger partial charge in [-0.15, -0.1) is 0 Å². The number of benzene rings is 1. The van der Waals surface area contributed by atoms with E-state index in [0.717, 1.165) is 36.9 Å². The third-order valence-electron chi connectivity index (χ3n) is 5.01. The predicted octanol–water partition coefficient (Wildman–Crippen LogP) is 3.81. The highest BCUT2D eigenvalue weighted by Crippen LogP contribution is 2.20. The number of ether oxygens (including phenoxy) is 2. The van der Waals surface area contributed by atoms with Crippen LogP contribution < -0.4 is 9.47 Å². The summed E-state index contributed by atoms with van der Waals surface area (Å²) < 4.78 is 22.3. The van der Waals surface area contributed by atoms with Crippen LogP contribution in [0.4, 0.5) is 0 Å². The van der Waals surface area contributed by atoms with Gasteiger partial charge in [0.25, 0.3) is 5.91 Å². The van der Waals surface area contributed by atoms with Gasteiger partial charge in [0.2, 0.25) is 0 Å². The fraction of sp³-hybridized carbons (Fsp3) is 0.348. The van der Waals surface area contributed by atoms with Crippen LogP contribution in [0.25, 0.3) is 0 Å². The van der Waals surface area contributed by atoms with Gasteiger partial charge in [-0.2, -0.15) is 0 Å². The molecule has 0 bridgehead atoms. The lowest BCUT2D eigenvalue weighted by Crippen LogP contribution is -2.48. The highest BCUT2D eigenvalue weighted by Gasteiger charge is 2.24. The number of carbonyl (C=O) groups excluding carboxylic acids is 1. The van der Waals surface area contributed by atoms with E-state index in [1.807, 2.05) is 48.2 Å². The molecular formula is C23H26N2O5. The number of carbonyl (C=O) groups is 1. The van der Waals surface area contributed by atoms with Crippen molar-refractivity contribution in [1.29, 1.82) is 0 Å². The van der Waals surface area contributed by atoms with E-state index in [-0.39, 0.29) is 12.5 Å². The minimum atomic E-state index is -0.0834. The van der Waals surface area contributed by atoms with Crippen molar-refractivity contribution < 1.29 is 23.1 Å². The molecule has 1 amide bonds. The van der Waals surface area contributed by atoms with Crippen LogP contribution in [0.2, 0.25) is 0 Å². The minimum absolute atomic E-state index is 0.0834. The molecule has 1 aliphatic heterocycles. The summed E-state index contributed by atoms with van der Waals surface area (Å²) in [5.41, 5.74) is 0. The summed E-state index contributed by atoms with van der Waals surface area (Å²) in [7, 11) is 0. The van der Waals surface area contributed by atoms with E-state index >= 15 is 0 Å².